The number of guanidine groups is 1. The van der Waals surface area contributed by atoms with Gasteiger partial charge in [0.1, 0.15) is 5.60 Å². The van der Waals surface area contributed by atoms with E-state index in [9.17, 15) is 4.79 Å². The Hall–Kier alpha value is -1.46. The lowest BCUT2D eigenvalue weighted by Crippen LogP contribution is -2.57. The van der Waals surface area contributed by atoms with Crippen molar-refractivity contribution in [3.63, 3.8) is 0 Å². The third kappa shape index (κ3) is 3.60. The topological polar surface area (TPSA) is 57.2 Å². The van der Waals surface area contributed by atoms with Crippen LogP contribution in [-0.4, -0.2) is 66.2 Å². The predicted molar refractivity (Wildman–Crippen MR) is 81.3 cm³/mol. The molecule has 2 aliphatic heterocycles. The van der Waals surface area contributed by atoms with Gasteiger partial charge in [0.15, 0.2) is 5.96 Å². The summed E-state index contributed by atoms with van der Waals surface area (Å²) in [5.41, 5.74) is -0.433. The third-order valence-electron chi connectivity index (χ3n) is 4.10. The molecule has 0 radical (unpaired) electrons. The highest BCUT2D eigenvalue weighted by atomic mass is 16.6. The molecule has 3 rings (SSSR count). The molecule has 1 atom stereocenters. The zero-order valence-corrected chi connectivity index (χ0v) is 13.3. The lowest BCUT2D eigenvalue weighted by molar-refractivity contribution is 0.0137. The molecule has 0 aromatic carbocycles. The maximum absolute atomic E-state index is 12.1. The van der Waals surface area contributed by atoms with E-state index in [-0.39, 0.29) is 6.09 Å². The van der Waals surface area contributed by atoms with Crippen LogP contribution in [0.3, 0.4) is 0 Å². The highest BCUT2D eigenvalue weighted by Gasteiger charge is 2.36. The Balaban J connectivity index is 1.50. The maximum atomic E-state index is 12.1. The number of nitrogens with one attached hydrogen (secondary N) is 1. The minimum Gasteiger partial charge on any atom is -0.444 e. The second-order valence-electron chi connectivity index (χ2n) is 7.26. The zero-order chi connectivity index (χ0) is 15.0. The van der Waals surface area contributed by atoms with Gasteiger partial charge in [-0.15, -0.1) is 0 Å². The summed E-state index contributed by atoms with van der Waals surface area (Å²) in [6.45, 7) is 9.76. The van der Waals surface area contributed by atoms with Gasteiger partial charge in [0.05, 0.1) is 12.6 Å². The van der Waals surface area contributed by atoms with Crippen LogP contribution < -0.4 is 5.32 Å². The molecule has 1 N–H and O–H groups in total. The summed E-state index contributed by atoms with van der Waals surface area (Å²) in [4.78, 5) is 20.9. The summed E-state index contributed by atoms with van der Waals surface area (Å²) in [6.07, 6.45) is 2.48. The van der Waals surface area contributed by atoms with E-state index in [1.54, 1.807) is 0 Å². The standard InChI is InChI=1S/C15H26N4O2/c1-15(2,3)21-14(20)18-6-7-19-12(10-18)9-17-13(19)16-8-11-4-5-11/h11-12H,4-10H2,1-3H3,(H,16,17). The lowest BCUT2D eigenvalue weighted by atomic mass is 10.2. The normalized spacial score (nSPS) is 25.5. The molecule has 118 valence electrons. The van der Waals surface area contributed by atoms with Crippen molar-refractivity contribution in [3.05, 3.63) is 0 Å². The fourth-order valence-electron chi connectivity index (χ4n) is 2.78. The van der Waals surface area contributed by atoms with E-state index in [2.05, 4.69) is 15.2 Å². The van der Waals surface area contributed by atoms with Gasteiger partial charge in [0, 0.05) is 26.2 Å². The van der Waals surface area contributed by atoms with Crippen LogP contribution in [0.15, 0.2) is 4.99 Å². The summed E-state index contributed by atoms with van der Waals surface area (Å²) in [6, 6.07) is 0.299. The van der Waals surface area contributed by atoms with Crippen LogP contribution in [0, 0.1) is 5.92 Å². The number of nitrogens with zero attached hydrogens (tertiary/aromatic N) is 3. The number of hydrogen-bond acceptors (Lipinski definition) is 5. The van der Waals surface area contributed by atoms with E-state index in [1.165, 1.54) is 12.8 Å². The number of ether oxygens (including phenoxy) is 1. The fourth-order valence-corrected chi connectivity index (χ4v) is 2.78. The Morgan fingerprint density at radius 3 is 2.81 bits per heavy atom. The van der Waals surface area contributed by atoms with Crippen molar-refractivity contribution in [3.8, 4) is 0 Å². The predicted octanol–water partition coefficient (Wildman–Crippen LogP) is 1.28. The van der Waals surface area contributed by atoms with E-state index in [0.29, 0.717) is 19.1 Å². The summed E-state index contributed by atoms with van der Waals surface area (Å²) < 4.78 is 5.46. The van der Waals surface area contributed by atoms with Crippen LogP contribution >= 0.6 is 0 Å². The molecular weight excluding hydrogens is 268 g/mol. The van der Waals surface area contributed by atoms with Gasteiger partial charge in [-0.2, -0.15) is 0 Å². The largest absolute Gasteiger partial charge is 0.444 e. The highest BCUT2D eigenvalue weighted by molar-refractivity contribution is 5.82. The molecule has 1 saturated carbocycles. The molecule has 6 heteroatoms. The van der Waals surface area contributed by atoms with Crippen molar-refractivity contribution in [2.24, 2.45) is 10.9 Å². The van der Waals surface area contributed by atoms with E-state index < -0.39 is 5.60 Å². The molecule has 1 aliphatic carbocycles. The summed E-state index contributed by atoms with van der Waals surface area (Å²) >= 11 is 0. The van der Waals surface area contributed by atoms with Gasteiger partial charge in [-0.05, 0) is 39.5 Å². The van der Waals surface area contributed by atoms with Crippen LogP contribution in [0.5, 0.6) is 0 Å². The number of fused-ring (bicyclic) bond motifs is 1. The number of hydrogen-bond donors (Lipinski definition) is 1. The average Bonchev–Trinajstić information content (AvgIpc) is 3.14. The highest BCUT2D eigenvalue weighted by Crippen LogP contribution is 2.28. The first-order valence-electron chi connectivity index (χ1n) is 7.95. The molecule has 0 spiro atoms. The molecule has 1 saturated heterocycles. The number of rotatable bonds is 2. The summed E-state index contributed by atoms with van der Waals surface area (Å²) in [5.74, 6) is 1.87. The molecular formula is C15H26N4O2. The van der Waals surface area contributed by atoms with Crippen LogP contribution in [0.1, 0.15) is 33.6 Å². The first-order chi connectivity index (χ1) is 9.92. The monoisotopic (exact) mass is 294 g/mol. The van der Waals surface area contributed by atoms with Crippen molar-refractivity contribution in [2.45, 2.75) is 45.3 Å². The van der Waals surface area contributed by atoms with Crippen molar-refractivity contribution in [1.29, 1.82) is 0 Å². The molecule has 6 nitrogen and oxygen atoms in total. The SMILES string of the molecule is CC(C)(C)OC(=O)N1CCN2C(NCC3CC3)=NCC2C1. The van der Waals surface area contributed by atoms with Crippen molar-refractivity contribution in [2.75, 3.05) is 32.7 Å². The number of aliphatic imine (C=N–C) groups is 1. The second kappa shape index (κ2) is 5.39. The van der Waals surface area contributed by atoms with Gasteiger partial charge in [-0.25, -0.2) is 4.79 Å². The van der Waals surface area contributed by atoms with Crippen molar-refractivity contribution in [1.82, 2.24) is 15.1 Å². The summed E-state index contributed by atoms with van der Waals surface area (Å²) in [5, 5.41) is 3.47. The Labute approximate surface area is 126 Å². The molecule has 0 aromatic heterocycles. The number of amides is 1. The molecule has 2 fully saturated rings. The molecule has 3 aliphatic rings. The van der Waals surface area contributed by atoms with Crippen molar-refractivity contribution < 1.29 is 9.53 Å². The number of carbonyl (C=O) groups is 1. The molecule has 1 unspecified atom stereocenters. The van der Waals surface area contributed by atoms with Gasteiger partial charge in [-0.1, -0.05) is 0 Å². The molecule has 1 amide bonds. The minimum absolute atomic E-state index is 0.207. The maximum Gasteiger partial charge on any atom is 0.410 e. The zero-order valence-electron chi connectivity index (χ0n) is 13.3. The first kappa shape index (κ1) is 14.5. The van der Waals surface area contributed by atoms with Crippen LogP contribution in [-0.2, 0) is 4.74 Å². The molecule has 0 aromatic rings. The van der Waals surface area contributed by atoms with Crippen molar-refractivity contribution >= 4 is 12.1 Å². The van der Waals surface area contributed by atoms with Gasteiger partial charge < -0.3 is 19.9 Å². The van der Waals surface area contributed by atoms with E-state index in [0.717, 1.165) is 31.5 Å². The average molecular weight is 294 g/mol. The molecule has 0 bridgehead atoms. The van der Waals surface area contributed by atoms with Crippen LogP contribution in [0.25, 0.3) is 0 Å². The smallest absolute Gasteiger partial charge is 0.410 e. The lowest BCUT2D eigenvalue weighted by Gasteiger charge is -2.39. The first-order valence-corrected chi connectivity index (χ1v) is 7.95. The number of carbonyl (C=O) groups excluding carboxylic acids is 1. The molecule has 21 heavy (non-hydrogen) atoms. The summed E-state index contributed by atoms with van der Waals surface area (Å²) in [7, 11) is 0. The quantitative estimate of drug-likeness (QED) is 0.833. The van der Waals surface area contributed by atoms with Gasteiger partial charge in [0.25, 0.3) is 0 Å². The number of piperazine rings is 1. The Morgan fingerprint density at radius 2 is 2.14 bits per heavy atom. The van der Waals surface area contributed by atoms with Gasteiger partial charge >= 0.3 is 6.09 Å². The van der Waals surface area contributed by atoms with E-state index >= 15 is 0 Å². The Kier molecular flexibility index (Phi) is 3.71. The minimum atomic E-state index is -0.433. The van der Waals surface area contributed by atoms with E-state index in [4.69, 9.17) is 4.74 Å². The molecule has 2 heterocycles. The Bertz CT molecular complexity index is 439. The third-order valence-corrected chi connectivity index (χ3v) is 4.10. The Morgan fingerprint density at radius 1 is 1.38 bits per heavy atom. The van der Waals surface area contributed by atoms with Crippen LogP contribution in [0.2, 0.25) is 0 Å². The second-order valence-corrected chi connectivity index (χ2v) is 7.26. The van der Waals surface area contributed by atoms with Gasteiger partial charge in [0.2, 0.25) is 0 Å². The van der Waals surface area contributed by atoms with E-state index in [1.807, 2.05) is 25.7 Å². The van der Waals surface area contributed by atoms with Gasteiger partial charge in [-0.3, -0.25) is 4.99 Å². The fraction of sp³-hybridized carbons (Fsp3) is 0.867. The van der Waals surface area contributed by atoms with Crippen LogP contribution in [0.4, 0.5) is 4.79 Å².